The highest BCUT2D eigenvalue weighted by Crippen LogP contribution is 2.18. The molecule has 1 aromatic rings. The summed E-state index contributed by atoms with van der Waals surface area (Å²) in [5, 5.41) is 20.9. The standard InChI is InChI=1S/C14H25N5O3/c1-14(20,11-6-18-19(3)8-11)10-17-13(15-2)16-7-12-9-21-4-5-22-12/h6,8,12,20H,4-5,7,9-10H2,1-3H3,(H2,15,16,17). The van der Waals surface area contributed by atoms with Crippen LogP contribution in [0.1, 0.15) is 12.5 Å². The number of aliphatic imine (C=N–C) groups is 1. The van der Waals surface area contributed by atoms with E-state index in [0.717, 1.165) is 5.56 Å². The highest BCUT2D eigenvalue weighted by molar-refractivity contribution is 5.79. The third kappa shape index (κ3) is 4.69. The molecule has 8 nitrogen and oxygen atoms in total. The van der Waals surface area contributed by atoms with Gasteiger partial charge in [0.15, 0.2) is 5.96 Å². The van der Waals surface area contributed by atoms with E-state index in [1.165, 1.54) is 0 Å². The third-order valence-electron chi connectivity index (χ3n) is 3.53. The van der Waals surface area contributed by atoms with Crippen molar-refractivity contribution >= 4 is 5.96 Å². The van der Waals surface area contributed by atoms with Crippen molar-refractivity contribution in [2.45, 2.75) is 18.6 Å². The molecule has 8 heteroatoms. The predicted octanol–water partition coefficient (Wildman–Crippen LogP) is -0.792. The molecular formula is C14H25N5O3. The molecule has 0 amide bonds. The maximum absolute atomic E-state index is 10.5. The zero-order valence-electron chi connectivity index (χ0n) is 13.4. The molecule has 2 atom stereocenters. The predicted molar refractivity (Wildman–Crippen MR) is 82.7 cm³/mol. The van der Waals surface area contributed by atoms with Crippen LogP contribution >= 0.6 is 0 Å². The van der Waals surface area contributed by atoms with Crippen LogP contribution in [0.3, 0.4) is 0 Å². The summed E-state index contributed by atoms with van der Waals surface area (Å²) >= 11 is 0. The van der Waals surface area contributed by atoms with Crippen molar-refractivity contribution in [3.63, 3.8) is 0 Å². The van der Waals surface area contributed by atoms with Crippen LogP contribution in [-0.2, 0) is 22.1 Å². The average molecular weight is 311 g/mol. The van der Waals surface area contributed by atoms with E-state index in [4.69, 9.17) is 9.47 Å². The Bertz CT molecular complexity index is 494. The second-order valence-corrected chi connectivity index (χ2v) is 5.55. The number of hydrogen-bond donors (Lipinski definition) is 3. The minimum Gasteiger partial charge on any atom is -0.383 e. The number of ether oxygens (including phenoxy) is 2. The molecule has 2 unspecified atom stereocenters. The Morgan fingerprint density at radius 2 is 2.36 bits per heavy atom. The average Bonchev–Trinajstić information content (AvgIpc) is 2.96. The normalized spacial score (nSPS) is 22.2. The number of aliphatic hydroxyl groups is 1. The Balaban J connectivity index is 1.80. The highest BCUT2D eigenvalue weighted by Gasteiger charge is 2.25. The van der Waals surface area contributed by atoms with Gasteiger partial charge in [0.2, 0.25) is 0 Å². The molecule has 0 spiro atoms. The number of hydrogen-bond acceptors (Lipinski definition) is 5. The first-order valence-corrected chi connectivity index (χ1v) is 7.36. The number of rotatable bonds is 5. The van der Waals surface area contributed by atoms with Crippen LogP contribution in [0, 0.1) is 0 Å². The zero-order chi connectivity index (χ0) is 16.0. The monoisotopic (exact) mass is 311 g/mol. The molecule has 2 rings (SSSR count). The molecule has 0 saturated carbocycles. The van der Waals surface area contributed by atoms with Crippen molar-refractivity contribution in [3.05, 3.63) is 18.0 Å². The van der Waals surface area contributed by atoms with Gasteiger partial charge in [0, 0.05) is 32.4 Å². The third-order valence-corrected chi connectivity index (χ3v) is 3.53. The highest BCUT2D eigenvalue weighted by atomic mass is 16.6. The van der Waals surface area contributed by atoms with Crippen LogP contribution in [0.4, 0.5) is 0 Å². The Kier molecular flexibility index (Phi) is 5.76. The SMILES string of the molecule is CN=C(NCC1COCCO1)NCC(C)(O)c1cnn(C)c1. The van der Waals surface area contributed by atoms with E-state index in [0.29, 0.717) is 38.9 Å². The lowest BCUT2D eigenvalue weighted by molar-refractivity contribution is -0.0850. The summed E-state index contributed by atoms with van der Waals surface area (Å²) in [6.45, 7) is 4.51. The lowest BCUT2D eigenvalue weighted by Gasteiger charge is -2.26. The molecule has 0 aliphatic carbocycles. The van der Waals surface area contributed by atoms with E-state index in [9.17, 15) is 5.11 Å². The maximum Gasteiger partial charge on any atom is 0.191 e. The number of nitrogens with one attached hydrogen (secondary N) is 2. The van der Waals surface area contributed by atoms with Crippen LogP contribution in [0.2, 0.25) is 0 Å². The van der Waals surface area contributed by atoms with Gasteiger partial charge in [0.1, 0.15) is 5.60 Å². The summed E-state index contributed by atoms with van der Waals surface area (Å²) in [7, 11) is 3.51. The minimum atomic E-state index is -1.03. The molecule has 1 saturated heterocycles. The van der Waals surface area contributed by atoms with Crippen molar-refractivity contribution in [1.29, 1.82) is 0 Å². The quantitative estimate of drug-likeness (QED) is 0.487. The molecule has 0 aromatic carbocycles. The van der Waals surface area contributed by atoms with Crippen molar-refractivity contribution in [2.24, 2.45) is 12.0 Å². The molecule has 1 fully saturated rings. The molecular weight excluding hydrogens is 286 g/mol. The van der Waals surface area contributed by atoms with Crippen LogP contribution in [-0.4, -0.2) is 66.9 Å². The molecule has 124 valence electrons. The molecule has 0 bridgehead atoms. The van der Waals surface area contributed by atoms with E-state index in [1.807, 2.05) is 7.05 Å². The Labute approximate surface area is 130 Å². The summed E-state index contributed by atoms with van der Waals surface area (Å²) in [5.74, 6) is 0.610. The summed E-state index contributed by atoms with van der Waals surface area (Å²) in [6.07, 6.45) is 3.47. The summed E-state index contributed by atoms with van der Waals surface area (Å²) in [5.41, 5.74) is -0.280. The second-order valence-electron chi connectivity index (χ2n) is 5.55. The van der Waals surface area contributed by atoms with Gasteiger partial charge < -0.3 is 25.2 Å². The van der Waals surface area contributed by atoms with Crippen molar-refractivity contribution in [2.75, 3.05) is 40.0 Å². The van der Waals surface area contributed by atoms with Gasteiger partial charge in [-0.25, -0.2) is 0 Å². The molecule has 3 N–H and O–H groups in total. The van der Waals surface area contributed by atoms with E-state index in [2.05, 4.69) is 20.7 Å². The number of aryl methyl sites for hydroxylation is 1. The van der Waals surface area contributed by atoms with Crippen LogP contribution < -0.4 is 10.6 Å². The van der Waals surface area contributed by atoms with E-state index in [-0.39, 0.29) is 6.10 Å². The molecule has 1 aliphatic rings. The van der Waals surface area contributed by atoms with Crippen LogP contribution in [0.5, 0.6) is 0 Å². The van der Waals surface area contributed by atoms with Gasteiger partial charge in [-0.3, -0.25) is 9.67 Å². The van der Waals surface area contributed by atoms with Gasteiger partial charge in [-0.15, -0.1) is 0 Å². The van der Waals surface area contributed by atoms with E-state index >= 15 is 0 Å². The lowest BCUT2D eigenvalue weighted by Crippen LogP contribution is -2.48. The fourth-order valence-corrected chi connectivity index (χ4v) is 2.14. The first kappa shape index (κ1) is 16.7. The van der Waals surface area contributed by atoms with Gasteiger partial charge in [0.25, 0.3) is 0 Å². The largest absolute Gasteiger partial charge is 0.383 e. The van der Waals surface area contributed by atoms with Crippen molar-refractivity contribution < 1.29 is 14.6 Å². The molecule has 1 aromatic heterocycles. The fraction of sp³-hybridized carbons (Fsp3) is 0.714. The fourth-order valence-electron chi connectivity index (χ4n) is 2.14. The van der Waals surface area contributed by atoms with E-state index < -0.39 is 5.60 Å². The first-order chi connectivity index (χ1) is 10.5. The Morgan fingerprint density at radius 3 is 2.95 bits per heavy atom. The molecule has 22 heavy (non-hydrogen) atoms. The van der Waals surface area contributed by atoms with Gasteiger partial charge in [-0.05, 0) is 6.92 Å². The second kappa shape index (κ2) is 7.57. The van der Waals surface area contributed by atoms with Crippen LogP contribution in [0.25, 0.3) is 0 Å². The lowest BCUT2D eigenvalue weighted by atomic mass is 10.00. The van der Waals surface area contributed by atoms with E-state index in [1.54, 1.807) is 31.0 Å². The Morgan fingerprint density at radius 1 is 1.55 bits per heavy atom. The van der Waals surface area contributed by atoms with Gasteiger partial charge in [-0.1, -0.05) is 0 Å². The van der Waals surface area contributed by atoms with Gasteiger partial charge >= 0.3 is 0 Å². The first-order valence-electron chi connectivity index (χ1n) is 7.36. The van der Waals surface area contributed by atoms with Crippen molar-refractivity contribution in [3.8, 4) is 0 Å². The molecule has 0 radical (unpaired) electrons. The maximum atomic E-state index is 10.5. The molecule has 1 aliphatic heterocycles. The van der Waals surface area contributed by atoms with Crippen LogP contribution in [0.15, 0.2) is 17.4 Å². The summed E-state index contributed by atoms with van der Waals surface area (Å²) in [6, 6.07) is 0. The molecule has 2 heterocycles. The van der Waals surface area contributed by atoms with Crippen molar-refractivity contribution in [1.82, 2.24) is 20.4 Å². The number of aromatic nitrogens is 2. The topological polar surface area (TPSA) is 92.9 Å². The zero-order valence-corrected chi connectivity index (χ0v) is 13.4. The number of nitrogens with zero attached hydrogens (tertiary/aromatic N) is 3. The smallest absolute Gasteiger partial charge is 0.191 e. The van der Waals surface area contributed by atoms with Gasteiger partial charge in [0.05, 0.1) is 38.7 Å². The summed E-state index contributed by atoms with van der Waals surface area (Å²) in [4.78, 5) is 4.14. The Hall–Kier alpha value is -1.64. The summed E-state index contributed by atoms with van der Waals surface area (Å²) < 4.78 is 12.6. The number of guanidine groups is 1. The minimum absolute atomic E-state index is 0.0196. The van der Waals surface area contributed by atoms with Gasteiger partial charge in [-0.2, -0.15) is 5.10 Å².